The lowest BCUT2D eigenvalue weighted by Gasteiger charge is -2.52. The molecule has 2 aromatic rings. The molecule has 1 amide bonds. The number of esters is 1. The Kier molecular flexibility index (Phi) is 57.6. The SMILES string of the molecule is C=C[C@H]1[C@@H]2C[C@@H](O[C@@H]3O[C@H](C)[C@@H](O[Si](CC)(CC)CC)[C@H](NC(=O)OCC4c5ccccc5-c5ccccc54)[C@@H]3O[Si](CC)(CC)CC)/C=C/C=C/C=C/C=C/C=C/C=C/C=C/[C@H](C)[C@@H](O[Si](CC)(CC)CC)[C@@H](C)[C@H](C)OC(=O)C[C@H](O[Si](CC)(CC)CC)C[C@H](O[Si](CC)(CC)CC)CC[C@@H](O[Si](CC)(CC)CC)[C@H](O[Si](CC)(CC)CC)C[C@H](O[Si](CC)(CC)CC)C[C@](OC)(C[C@@H]1O[Si](CC)(CC)CC)O2. The van der Waals surface area contributed by atoms with Crippen LogP contribution in [0.25, 0.3) is 11.1 Å². The molecule has 0 spiro atoms. The van der Waals surface area contributed by atoms with Gasteiger partial charge in [0.05, 0.1) is 73.5 Å². The van der Waals surface area contributed by atoms with E-state index in [0.29, 0.717) is 44.9 Å². The Morgan fingerprint density at radius 3 is 1.19 bits per heavy atom. The van der Waals surface area contributed by atoms with Crippen molar-refractivity contribution in [2.75, 3.05) is 13.7 Å². The molecule has 4 aliphatic rings. The Bertz CT molecular complexity index is 4110. The first kappa shape index (κ1) is 130. The van der Waals surface area contributed by atoms with Gasteiger partial charge in [-0.3, -0.25) is 4.79 Å². The van der Waals surface area contributed by atoms with Crippen molar-refractivity contribution in [1.29, 1.82) is 0 Å². The van der Waals surface area contributed by atoms with Gasteiger partial charge in [-0.2, -0.15) is 0 Å². The Morgan fingerprint density at radius 2 is 0.766 bits per heavy atom. The van der Waals surface area contributed by atoms with Gasteiger partial charge < -0.3 is 73.6 Å². The van der Waals surface area contributed by atoms with Crippen molar-refractivity contribution in [2.24, 2.45) is 17.8 Å². The van der Waals surface area contributed by atoms with Crippen molar-refractivity contribution < 1.29 is 77.8 Å². The number of hydrogen-bond donors (Lipinski definition) is 1. The summed E-state index contributed by atoms with van der Waals surface area (Å²) in [4.78, 5) is 31.1. The van der Waals surface area contributed by atoms with Gasteiger partial charge in [-0.25, -0.2) is 4.79 Å². The average molecular weight is 2170 g/mol. The number of rotatable bonds is 52. The summed E-state index contributed by atoms with van der Waals surface area (Å²) in [6, 6.07) is 41.4. The normalized spacial score (nSPS) is 28.3. The lowest BCUT2D eigenvalue weighted by atomic mass is 9.82. The fraction of sp³-hybridized carbons (Fsp3) is 0.746. The molecule has 0 unspecified atom stereocenters. The summed E-state index contributed by atoms with van der Waals surface area (Å²) in [5, 5.41) is 3.56. The number of alkyl carbamates (subject to hydrolysis) is 1. The standard InChI is InChI=1S/C118H213NO17Si9/c1-34-101-108-87-97(126-116-115(136-145(59-26,60-27)61-28)112(114(96(32)125-116)135-144(56-23,57-24)58-25)119-117(121)123-92-106-104-82-76-74-80-102(104)103-81-75-77-83-105(103)106)79-73-71-69-67-65-63-62-64-66-68-70-72-78-93(29)113(134-143(53-20,54-21)55-22)94(30)95(31)124-111(120)89-99(129-138(38-5,39-6)40-7)86-98(128-137(35-2,36-3)37-4)84-85-107(131-140(44-11,45-12)46-13)109(132-141(47-14,48-15)49-16)88-100(130-139(41-8,42-9)43-10)90-118(122-33,127-108)91-110(101)133-142(50-17,51-18)52-19/h34,62-83,93-101,106-110,112-116H,1,35-61,84-92H2,2-33H3,(H,119,121)/b63-62+,66-64+,67-65+,70-68+,71-69+,78-72+,79-73+/t93-,94-,95-,96+,97-,98+,99+,100-,101-,107+,108-,109+,110-,112-,113+,114+,115-,116-,118+/m0/s1. The summed E-state index contributed by atoms with van der Waals surface area (Å²) in [6.07, 6.45) is 27.1. The first-order valence-corrected chi connectivity index (χ1v) is 81.6. The summed E-state index contributed by atoms with van der Waals surface area (Å²) in [5.74, 6) is -2.12. The van der Waals surface area contributed by atoms with Crippen LogP contribution in [0.2, 0.25) is 163 Å². The van der Waals surface area contributed by atoms with Gasteiger partial charge in [-0.1, -0.05) is 340 Å². The summed E-state index contributed by atoms with van der Waals surface area (Å²) >= 11 is 0. The van der Waals surface area contributed by atoms with Gasteiger partial charge in [-0.05, 0) is 231 Å². The number of benzene rings is 2. The molecule has 2 fully saturated rings. The highest BCUT2D eigenvalue weighted by Crippen LogP contribution is 2.50. The van der Waals surface area contributed by atoms with Crippen molar-refractivity contribution >= 4 is 86.9 Å². The van der Waals surface area contributed by atoms with Gasteiger partial charge in [0.2, 0.25) is 0 Å². The van der Waals surface area contributed by atoms with Crippen LogP contribution in [0, 0.1) is 17.8 Å². The Hall–Kier alpha value is -3.47. The molecule has 145 heavy (non-hydrogen) atoms. The zero-order valence-electron chi connectivity index (χ0n) is 97.9. The molecule has 2 bridgehead atoms. The fourth-order valence-corrected chi connectivity index (χ4v) is 50.1. The molecule has 2 saturated heterocycles. The van der Waals surface area contributed by atoms with Gasteiger partial charge in [0.1, 0.15) is 18.8 Å². The number of nitrogens with one attached hydrogen (secondary N) is 1. The van der Waals surface area contributed by atoms with E-state index in [2.05, 4.69) is 329 Å². The van der Waals surface area contributed by atoms with Crippen molar-refractivity contribution in [3.8, 4) is 11.1 Å². The number of amides is 1. The maximum absolute atomic E-state index is 15.6. The van der Waals surface area contributed by atoms with Gasteiger partial charge >= 0.3 is 12.1 Å². The van der Waals surface area contributed by atoms with Crippen LogP contribution in [0.4, 0.5) is 4.79 Å². The van der Waals surface area contributed by atoms with E-state index in [1.807, 2.05) is 37.5 Å². The zero-order valence-corrected chi connectivity index (χ0v) is 107. The third kappa shape index (κ3) is 35.5. The smallest absolute Gasteiger partial charge is 0.407 e. The van der Waals surface area contributed by atoms with E-state index in [-0.39, 0.29) is 67.1 Å². The molecule has 828 valence electrons. The number of allylic oxidation sites excluding steroid dienone is 12. The quantitative estimate of drug-likeness (QED) is 0.0374. The van der Waals surface area contributed by atoms with Gasteiger partial charge in [0, 0.05) is 50.2 Å². The van der Waals surface area contributed by atoms with Crippen LogP contribution in [0.15, 0.2) is 146 Å². The van der Waals surface area contributed by atoms with Crippen molar-refractivity contribution in [1.82, 2.24) is 5.32 Å². The molecule has 6 rings (SSSR count). The molecule has 0 saturated carbocycles. The third-order valence-electron chi connectivity index (χ3n) is 36.8. The van der Waals surface area contributed by atoms with Gasteiger partial charge in [-0.15, -0.1) is 6.58 Å². The Morgan fingerprint density at radius 1 is 0.400 bits per heavy atom. The second-order valence-corrected chi connectivity index (χ2v) is 85.6. The molecule has 27 heteroatoms. The van der Waals surface area contributed by atoms with Crippen LogP contribution in [0.5, 0.6) is 0 Å². The summed E-state index contributed by atoms with van der Waals surface area (Å²) < 4.78 is 117. The largest absolute Gasteiger partial charge is 0.462 e. The molecule has 0 aromatic heterocycles. The van der Waals surface area contributed by atoms with E-state index in [1.165, 1.54) is 0 Å². The van der Waals surface area contributed by atoms with E-state index in [4.69, 9.17) is 74.8 Å². The monoisotopic (exact) mass is 2170 g/mol. The lowest BCUT2D eigenvalue weighted by Crippen LogP contribution is -2.69. The topological polar surface area (TPSA) is 185 Å². The Labute approximate surface area is 896 Å². The number of carbonyl (C=O) groups is 2. The molecule has 3 aliphatic heterocycles. The second-order valence-electron chi connectivity index (χ2n) is 43.1. The lowest BCUT2D eigenvalue weighted by molar-refractivity contribution is -0.312. The molecular formula is C118H213NO17Si9. The van der Waals surface area contributed by atoms with Crippen LogP contribution >= 0.6 is 0 Å². The van der Waals surface area contributed by atoms with E-state index < -0.39 is 154 Å². The van der Waals surface area contributed by atoms with Gasteiger partial charge in [0.15, 0.2) is 86.9 Å². The number of ether oxygens (including phenoxy) is 6. The maximum atomic E-state index is 15.6. The minimum Gasteiger partial charge on any atom is -0.462 e. The molecule has 18 nitrogen and oxygen atoms in total. The predicted molar refractivity (Wildman–Crippen MR) is 633 cm³/mol. The number of fused-ring (bicyclic) bond motifs is 5. The van der Waals surface area contributed by atoms with Crippen LogP contribution < -0.4 is 5.32 Å². The molecule has 3 heterocycles. The molecule has 0 radical (unpaired) electrons. The number of hydrogen-bond acceptors (Lipinski definition) is 17. The van der Waals surface area contributed by atoms with E-state index in [9.17, 15) is 0 Å². The summed E-state index contributed by atoms with van der Waals surface area (Å²) in [7, 11) is -20.3. The van der Waals surface area contributed by atoms with Crippen LogP contribution in [0.1, 0.15) is 283 Å². The number of cyclic esters (lactones) is 1. The minimum absolute atomic E-state index is 0.0189. The number of carbonyl (C=O) groups excluding carboxylic acids is 2. The van der Waals surface area contributed by atoms with Crippen molar-refractivity contribution in [3.05, 3.63) is 157 Å². The van der Waals surface area contributed by atoms with Crippen molar-refractivity contribution in [2.45, 2.75) is 533 Å². The summed E-state index contributed by atoms with van der Waals surface area (Å²) in [6.45, 7) is 76.2. The fourth-order valence-electron chi connectivity index (χ4n) is 24.0. The first-order chi connectivity index (χ1) is 69.5. The first-order valence-electron chi connectivity index (χ1n) is 58.8. The van der Waals surface area contributed by atoms with E-state index in [0.717, 1.165) is 185 Å². The third-order valence-corrected chi connectivity index (χ3v) is 78.8. The van der Waals surface area contributed by atoms with Crippen LogP contribution in [-0.4, -0.2) is 198 Å². The molecular weight excluding hydrogens is 1960 g/mol. The predicted octanol–water partition coefficient (Wildman–Crippen LogP) is 33.3. The second kappa shape index (κ2) is 64.1. The Balaban J connectivity index is 1.73. The van der Waals surface area contributed by atoms with Crippen LogP contribution in [-0.2, 0) is 73.0 Å². The molecule has 1 aliphatic carbocycles. The summed E-state index contributed by atoms with van der Waals surface area (Å²) in [5.41, 5.74) is 4.60. The number of methoxy groups -OCH3 is 1. The highest BCUT2D eigenvalue weighted by atomic mass is 28.4. The van der Waals surface area contributed by atoms with Crippen LogP contribution in [0.3, 0.4) is 0 Å². The van der Waals surface area contributed by atoms with E-state index >= 15 is 9.59 Å². The van der Waals surface area contributed by atoms with E-state index in [1.54, 1.807) is 0 Å². The molecule has 1 N–H and O–H groups in total. The van der Waals surface area contributed by atoms with Gasteiger partial charge in [0.25, 0.3) is 0 Å². The highest BCUT2D eigenvalue weighted by molar-refractivity contribution is 6.77. The average Bonchev–Trinajstić information content (AvgIpc) is 1.69. The van der Waals surface area contributed by atoms with Crippen molar-refractivity contribution in [3.63, 3.8) is 0 Å². The maximum Gasteiger partial charge on any atom is 0.407 e. The highest BCUT2D eigenvalue weighted by Gasteiger charge is 2.57. The molecule has 2 aromatic carbocycles. The molecule has 19 atom stereocenters. The minimum atomic E-state index is -2.66. The zero-order chi connectivity index (χ0) is 107.